The lowest BCUT2D eigenvalue weighted by Crippen LogP contribution is -2.16. The van der Waals surface area contributed by atoms with E-state index in [1.54, 1.807) is 0 Å². The molecule has 0 radical (unpaired) electrons. The lowest BCUT2D eigenvalue weighted by atomic mass is 9.96. The summed E-state index contributed by atoms with van der Waals surface area (Å²) in [7, 11) is 0. The highest BCUT2D eigenvalue weighted by molar-refractivity contribution is 9.10. The van der Waals surface area contributed by atoms with E-state index in [2.05, 4.69) is 25.9 Å². The first-order valence-electron chi connectivity index (χ1n) is 6.30. The number of benzene rings is 1. The highest BCUT2D eigenvalue weighted by atomic mass is 79.9. The molecule has 0 aliphatic carbocycles. The van der Waals surface area contributed by atoms with Crippen LogP contribution in [-0.2, 0) is 11.2 Å². The zero-order valence-corrected chi connectivity index (χ0v) is 13.3. The average molecular weight is 363 g/mol. The number of hydrogen-bond acceptors (Lipinski definition) is 4. The number of aliphatic carboxylic acids is 1. The van der Waals surface area contributed by atoms with Gasteiger partial charge >= 0.3 is 5.97 Å². The van der Waals surface area contributed by atoms with E-state index in [1.807, 2.05) is 35.7 Å². The molecule has 0 amide bonds. The summed E-state index contributed by atoms with van der Waals surface area (Å²) in [6.07, 6.45) is 1.84. The molecule has 0 aliphatic heterocycles. The number of fused-ring (bicyclic) bond motifs is 1. The zero-order chi connectivity index (χ0) is 14.8. The molecule has 0 aliphatic rings. The Kier molecular flexibility index (Phi) is 3.98. The number of hydrogen-bond donors (Lipinski definition) is 1. The predicted octanol–water partition coefficient (Wildman–Crippen LogP) is 3.86. The molecule has 0 fully saturated rings. The third-order valence-electron chi connectivity index (χ3n) is 3.25. The van der Waals surface area contributed by atoms with E-state index in [4.69, 9.17) is 0 Å². The summed E-state index contributed by atoms with van der Waals surface area (Å²) in [6.45, 7) is 0. The number of halogens is 1. The van der Waals surface area contributed by atoms with Gasteiger partial charge in [-0.2, -0.15) is 0 Å². The number of carboxylic acid groups (broad SMARTS) is 1. The van der Waals surface area contributed by atoms with Gasteiger partial charge in [-0.05, 0) is 35.6 Å². The zero-order valence-electron chi connectivity index (χ0n) is 10.9. The molecule has 1 N–H and O–H groups in total. The molecule has 0 spiro atoms. The van der Waals surface area contributed by atoms with E-state index in [1.165, 1.54) is 17.7 Å². The molecular formula is C15H11BrN2O2S. The van der Waals surface area contributed by atoms with Gasteiger partial charge in [-0.25, -0.2) is 9.97 Å². The summed E-state index contributed by atoms with van der Waals surface area (Å²) >= 11 is 4.85. The minimum atomic E-state index is -0.869. The quantitative estimate of drug-likeness (QED) is 0.765. The molecule has 1 unspecified atom stereocenters. The lowest BCUT2D eigenvalue weighted by molar-refractivity contribution is -0.138. The predicted molar refractivity (Wildman–Crippen MR) is 85.6 cm³/mol. The van der Waals surface area contributed by atoms with Crippen molar-refractivity contribution in [2.75, 3.05) is 0 Å². The lowest BCUT2D eigenvalue weighted by Gasteiger charge is -2.12. The van der Waals surface area contributed by atoms with E-state index in [0.717, 1.165) is 20.3 Å². The van der Waals surface area contributed by atoms with Crippen molar-refractivity contribution in [3.05, 3.63) is 57.8 Å². The molecule has 106 valence electrons. The largest absolute Gasteiger partial charge is 0.481 e. The maximum Gasteiger partial charge on any atom is 0.312 e. The Balaban J connectivity index is 2.00. The van der Waals surface area contributed by atoms with Gasteiger partial charge in [0.2, 0.25) is 0 Å². The van der Waals surface area contributed by atoms with Crippen LogP contribution in [0.25, 0.3) is 10.2 Å². The van der Waals surface area contributed by atoms with Crippen molar-refractivity contribution in [3.8, 4) is 0 Å². The van der Waals surface area contributed by atoms with Crippen molar-refractivity contribution in [1.82, 2.24) is 9.97 Å². The molecule has 1 aromatic carbocycles. The monoisotopic (exact) mass is 362 g/mol. The second-order valence-corrected chi connectivity index (χ2v) is 6.45. The van der Waals surface area contributed by atoms with Gasteiger partial charge in [0, 0.05) is 4.47 Å². The van der Waals surface area contributed by atoms with Gasteiger partial charge in [0.25, 0.3) is 0 Å². The summed E-state index contributed by atoms with van der Waals surface area (Å²) in [5.41, 5.74) is 2.35. The number of aromatic nitrogens is 2. The van der Waals surface area contributed by atoms with Crippen LogP contribution in [0.4, 0.5) is 0 Å². The van der Waals surface area contributed by atoms with Gasteiger partial charge in [0.05, 0.1) is 15.9 Å². The minimum Gasteiger partial charge on any atom is -0.481 e. The van der Waals surface area contributed by atoms with E-state index >= 15 is 0 Å². The number of thiophene rings is 1. The summed E-state index contributed by atoms with van der Waals surface area (Å²) in [4.78, 5) is 20.1. The van der Waals surface area contributed by atoms with E-state index in [-0.39, 0.29) is 0 Å². The van der Waals surface area contributed by atoms with E-state index in [0.29, 0.717) is 12.1 Å². The Labute approximate surface area is 133 Å². The van der Waals surface area contributed by atoms with Gasteiger partial charge in [0.15, 0.2) is 0 Å². The molecule has 0 bridgehead atoms. The Morgan fingerprint density at radius 3 is 2.71 bits per heavy atom. The van der Waals surface area contributed by atoms with E-state index in [9.17, 15) is 9.90 Å². The Bertz CT molecular complexity index is 786. The maximum atomic E-state index is 11.7. The molecule has 4 nitrogen and oxygen atoms in total. The standard InChI is InChI=1S/C15H11BrN2O2S/c16-10-3-1-9(2-4-10)7-11(15(19)20)13-14-12(5-6-21-14)17-8-18-13/h1-6,8,11H,7H2,(H,19,20). The minimum absolute atomic E-state index is 0.409. The topological polar surface area (TPSA) is 63.1 Å². The molecule has 21 heavy (non-hydrogen) atoms. The van der Waals surface area contributed by atoms with Crippen molar-refractivity contribution < 1.29 is 9.90 Å². The fourth-order valence-corrected chi connectivity index (χ4v) is 3.37. The van der Waals surface area contributed by atoms with Crippen LogP contribution < -0.4 is 0 Å². The second kappa shape index (κ2) is 5.91. The molecular weight excluding hydrogens is 352 g/mol. The number of nitrogens with zero attached hydrogens (tertiary/aromatic N) is 2. The summed E-state index contributed by atoms with van der Waals surface area (Å²) < 4.78 is 1.82. The first kappa shape index (κ1) is 14.2. The molecule has 2 aromatic heterocycles. The van der Waals surface area contributed by atoms with Gasteiger partial charge in [-0.1, -0.05) is 28.1 Å². The van der Waals surface area contributed by atoms with Crippen molar-refractivity contribution in [2.24, 2.45) is 0 Å². The van der Waals surface area contributed by atoms with Crippen LogP contribution in [-0.4, -0.2) is 21.0 Å². The van der Waals surface area contributed by atoms with Gasteiger partial charge < -0.3 is 5.11 Å². The fraction of sp³-hybridized carbons (Fsp3) is 0.133. The van der Waals surface area contributed by atoms with Gasteiger partial charge in [-0.15, -0.1) is 11.3 Å². The molecule has 6 heteroatoms. The molecule has 0 saturated heterocycles. The third-order valence-corrected chi connectivity index (χ3v) is 4.71. The average Bonchev–Trinajstić information content (AvgIpc) is 2.95. The van der Waals surface area contributed by atoms with Gasteiger partial charge in [0.1, 0.15) is 12.2 Å². The highest BCUT2D eigenvalue weighted by Gasteiger charge is 2.24. The van der Waals surface area contributed by atoms with Crippen molar-refractivity contribution in [3.63, 3.8) is 0 Å². The van der Waals surface area contributed by atoms with Gasteiger partial charge in [-0.3, -0.25) is 4.79 Å². The van der Waals surface area contributed by atoms with Crippen LogP contribution in [0.15, 0.2) is 46.5 Å². The first-order chi connectivity index (χ1) is 10.1. The summed E-state index contributed by atoms with van der Waals surface area (Å²) in [5.74, 6) is -1.54. The van der Waals surface area contributed by atoms with Crippen LogP contribution >= 0.6 is 27.3 Å². The van der Waals surface area contributed by atoms with E-state index < -0.39 is 11.9 Å². The number of rotatable bonds is 4. The summed E-state index contributed by atoms with van der Waals surface area (Å²) in [5, 5.41) is 11.5. The van der Waals surface area contributed by atoms with Crippen molar-refractivity contribution in [1.29, 1.82) is 0 Å². The second-order valence-electron chi connectivity index (χ2n) is 4.62. The van der Waals surface area contributed by atoms with Crippen LogP contribution in [0.5, 0.6) is 0 Å². The number of carboxylic acids is 1. The summed E-state index contributed by atoms with van der Waals surface area (Å²) in [6, 6.07) is 9.55. The first-order valence-corrected chi connectivity index (χ1v) is 7.98. The smallest absolute Gasteiger partial charge is 0.312 e. The normalized spacial score (nSPS) is 12.4. The van der Waals surface area contributed by atoms with Crippen LogP contribution in [0.3, 0.4) is 0 Å². The van der Waals surface area contributed by atoms with Crippen LogP contribution in [0, 0.1) is 0 Å². The van der Waals surface area contributed by atoms with Crippen molar-refractivity contribution >= 4 is 43.5 Å². The Morgan fingerprint density at radius 1 is 1.24 bits per heavy atom. The molecule has 3 aromatic rings. The van der Waals surface area contributed by atoms with Crippen LogP contribution in [0.1, 0.15) is 17.2 Å². The molecule has 2 heterocycles. The molecule has 3 rings (SSSR count). The molecule has 1 atom stereocenters. The Morgan fingerprint density at radius 2 is 2.00 bits per heavy atom. The van der Waals surface area contributed by atoms with Crippen LogP contribution in [0.2, 0.25) is 0 Å². The number of carbonyl (C=O) groups is 1. The van der Waals surface area contributed by atoms with Crippen molar-refractivity contribution in [2.45, 2.75) is 12.3 Å². The fourth-order valence-electron chi connectivity index (χ4n) is 2.21. The highest BCUT2D eigenvalue weighted by Crippen LogP contribution is 2.29. The maximum absolute atomic E-state index is 11.7. The third kappa shape index (κ3) is 2.96. The SMILES string of the molecule is O=C(O)C(Cc1ccc(Br)cc1)c1ncnc2ccsc12. The molecule has 0 saturated carbocycles. The Hall–Kier alpha value is -1.79.